The zero-order chi connectivity index (χ0) is 20.4. The van der Waals surface area contributed by atoms with Crippen LogP contribution in [0.2, 0.25) is 0 Å². The number of rotatable bonds is 5. The minimum Gasteiger partial charge on any atom is -0.383 e. The second kappa shape index (κ2) is 7.86. The summed E-state index contributed by atoms with van der Waals surface area (Å²) in [5.41, 5.74) is 2.43. The molecule has 2 aromatic carbocycles. The first-order valence-electron chi connectivity index (χ1n) is 8.63. The molecule has 0 atom stereocenters. The van der Waals surface area contributed by atoms with Gasteiger partial charge in [0.2, 0.25) is 0 Å². The molecule has 0 saturated heterocycles. The molecule has 0 spiro atoms. The molecule has 0 N–H and O–H groups in total. The molecule has 0 aliphatic rings. The van der Waals surface area contributed by atoms with Gasteiger partial charge in [0.05, 0.1) is 32.8 Å². The molecule has 4 aromatic rings. The Morgan fingerprint density at radius 1 is 1.21 bits per heavy atom. The van der Waals surface area contributed by atoms with E-state index in [0.717, 1.165) is 5.52 Å². The van der Waals surface area contributed by atoms with Crippen LogP contribution in [-0.2, 0) is 11.3 Å². The average molecular weight is 409 g/mol. The highest BCUT2D eigenvalue weighted by Crippen LogP contribution is 2.23. The molecule has 4 rings (SSSR count). The Morgan fingerprint density at radius 2 is 2.00 bits per heavy atom. The number of hydrogen-bond donors (Lipinski definition) is 0. The summed E-state index contributed by atoms with van der Waals surface area (Å²) < 4.78 is 7.65. The van der Waals surface area contributed by atoms with Crippen molar-refractivity contribution in [2.24, 2.45) is 4.99 Å². The van der Waals surface area contributed by atoms with Gasteiger partial charge in [-0.2, -0.15) is 4.99 Å². The highest BCUT2D eigenvalue weighted by atomic mass is 32.1. The molecule has 0 bridgehead atoms. The lowest BCUT2D eigenvalue weighted by molar-refractivity contribution is -0.384. The fourth-order valence-corrected chi connectivity index (χ4v) is 3.99. The molecule has 2 aromatic heterocycles. The number of nitro groups is 1. The molecule has 0 aliphatic heterocycles. The molecule has 0 radical (unpaired) electrons. The van der Waals surface area contributed by atoms with Gasteiger partial charge in [-0.3, -0.25) is 24.9 Å². The molecule has 10 heteroatoms. The number of carbonyl (C=O) groups is 1. The van der Waals surface area contributed by atoms with E-state index in [-0.39, 0.29) is 5.69 Å². The number of methoxy groups -OCH3 is 1. The summed E-state index contributed by atoms with van der Waals surface area (Å²) in [5, 5.41) is 11.1. The Bertz CT molecular complexity index is 1310. The van der Waals surface area contributed by atoms with Gasteiger partial charge in [0, 0.05) is 43.7 Å². The molecule has 0 aliphatic carbocycles. The number of aromatic nitrogens is 3. The SMILES string of the molecule is COCCn1c(=NC(=O)c2ccc3nccnc3c2)sc2cc([N+](=O)[O-])ccc21. The fourth-order valence-electron chi connectivity index (χ4n) is 2.91. The molecule has 0 unspecified atom stereocenters. The quantitative estimate of drug-likeness (QED) is 0.370. The molecule has 1 amide bonds. The predicted octanol–water partition coefficient (Wildman–Crippen LogP) is 2.94. The zero-order valence-corrected chi connectivity index (χ0v) is 16.1. The second-order valence-corrected chi connectivity index (χ2v) is 7.12. The third-order valence-electron chi connectivity index (χ3n) is 4.31. The number of hydrogen-bond acceptors (Lipinski definition) is 7. The number of ether oxygens (including phenoxy) is 1. The lowest BCUT2D eigenvalue weighted by Crippen LogP contribution is -2.19. The normalized spacial score (nSPS) is 12.0. The monoisotopic (exact) mass is 409 g/mol. The molecule has 0 fully saturated rings. The third kappa shape index (κ3) is 3.75. The van der Waals surface area contributed by atoms with Crippen molar-refractivity contribution in [3.63, 3.8) is 0 Å². The Labute approximate surface area is 168 Å². The second-order valence-electron chi connectivity index (χ2n) is 6.12. The minimum atomic E-state index is -0.448. The topological polar surface area (TPSA) is 113 Å². The lowest BCUT2D eigenvalue weighted by atomic mass is 10.2. The highest BCUT2D eigenvalue weighted by molar-refractivity contribution is 7.16. The number of fused-ring (bicyclic) bond motifs is 2. The first-order valence-corrected chi connectivity index (χ1v) is 9.45. The first kappa shape index (κ1) is 18.8. The lowest BCUT2D eigenvalue weighted by Gasteiger charge is -2.04. The number of nitrogens with zero attached hydrogens (tertiary/aromatic N) is 5. The summed E-state index contributed by atoms with van der Waals surface area (Å²) in [5.74, 6) is -0.426. The molecule has 29 heavy (non-hydrogen) atoms. The van der Waals surface area contributed by atoms with Crippen LogP contribution in [0.1, 0.15) is 10.4 Å². The molecule has 9 nitrogen and oxygen atoms in total. The zero-order valence-electron chi connectivity index (χ0n) is 15.3. The highest BCUT2D eigenvalue weighted by Gasteiger charge is 2.13. The van der Waals surface area contributed by atoms with Crippen LogP contribution < -0.4 is 4.80 Å². The summed E-state index contributed by atoms with van der Waals surface area (Å²) in [4.78, 5) is 36.5. The Hall–Kier alpha value is -3.50. The predicted molar refractivity (Wildman–Crippen MR) is 108 cm³/mol. The van der Waals surface area contributed by atoms with Crippen LogP contribution in [0.4, 0.5) is 5.69 Å². The average Bonchev–Trinajstić information content (AvgIpc) is 3.07. The van der Waals surface area contributed by atoms with Crippen LogP contribution in [0, 0.1) is 10.1 Å². The van der Waals surface area contributed by atoms with E-state index in [0.29, 0.717) is 39.2 Å². The molecule has 0 saturated carbocycles. The largest absolute Gasteiger partial charge is 0.383 e. The number of benzene rings is 2. The Kier molecular flexibility index (Phi) is 5.10. The van der Waals surface area contributed by atoms with Crippen LogP contribution >= 0.6 is 11.3 Å². The van der Waals surface area contributed by atoms with Crippen molar-refractivity contribution < 1.29 is 14.5 Å². The minimum absolute atomic E-state index is 0.0105. The van der Waals surface area contributed by atoms with E-state index in [4.69, 9.17) is 4.74 Å². The van der Waals surface area contributed by atoms with E-state index in [9.17, 15) is 14.9 Å². The Morgan fingerprint density at radius 3 is 2.76 bits per heavy atom. The first-order chi connectivity index (χ1) is 14.1. The summed E-state index contributed by atoms with van der Waals surface area (Å²) >= 11 is 1.22. The van der Waals surface area contributed by atoms with E-state index < -0.39 is 10.8 Å². The molecule has 146 valence electrons. The van der Waals surface area contributed by atoms with Crippen LogP contribution in [0.25, 0.3) is 21.3 Å². The number of carbonyl (C=O) groups excluding carboxylic acids is 1. The summed E-state index contributed by atoms with van der Waals surface area (Å²) in [6.07, 6.45) is 3.15. The van der Waals surface area contributed by atoms with Gasteiger partial charge in [0.25, 0.3) is 11.6 Å². The maximum Gasteiger partial charge on any atom is 0.279 e. The maximum atomic E-state index is 12.8. The van der Waals surface area contributed by atoms with E-state index in [1.54, 1.807) is 43.8 Å². The van der Waals surface area contributed by atoms with Crippen LogP contribution in [0.5, 0.6) is 0 Å². The van der Waals surface area contributed by atoms with Crippen molar-refractivity contribution in [1.29, 1.82) is 0 Å². The van der Waals surface area contributed by atoms with Crippen molar-refractivity contribution in [3.05, 3.63) is 69.3 Å². The van der Waals surface area contributed by atoms with Crippen molar-refractivity contribution in [2.75, 3.05) is 13.7 Å². The van der Waals surface area contributed by atoms with Gasteiger partial charge in [-0.15, -0.1) is 0 Å². The van der Waals surface area contributed by atoms with Gasteiger partial charge in [0.1, 0.15) is 0 Å². The van der Waals surface area contributed by atoms with E-state index >= 15 is 0 Å². The smallest absolute Gasteiger partial charge is 0.279 e. The fraction of sp³-hybridized carbons (Fsp3) is 0.158. The summed E-state index contributed by atoms with van der Waals surface area (Å²) in [6, 6.07) is 9.60. The van der Waals surface area contributed by atoms with Crippen LogP contribution in [0.3, 0.4) is 0 Å². The Balaban J connectivity index is 1.82. The van der Waals surface area contributed by atoms with Crippen LogP contribution in [0.15, 0.2) is 53.8 Å². The van der Waals surface area contributed by atoms with Gasteiger partial charge in [-0.1, -0.05) is 11.3 Å². The van der Waals surface area contributed by atoms with Gasteiger partial charge < -0.3 is 9.30 Å². The van der Waals surface area contributed by atoms with Gasteiger partial charge in [0.15, 0.2) is 4.80 Å². The number of thiazole rings is 1. The van der Waals surface area contributed by atoms with E-state index in [1.807, 2.05) is 4.57 Å². The van der Waals surface area contributed by atoms with Gasteiger partial charge >= 0.3 is 0 Å². The van der Waals surface area contributed by atoms with Crippen molar-refractivity contribution in [1.82, 2.24) is 14.5 Å². The van der Waals surface area contributed by atoms with E-state index in [2.05, 4.69) is 15.0 Å². The standard InChI is InChI=1S/C19H15N5O4S/c1-28-9-8-23-16-5-3-13(24(26)27)11-17(16)29-19(23)22-18(25)12-2-4-14-15(10-12)21-7-6-20-14/h2-7,10-11H,8-9H2,1H3. The number of amides is 1. The number of non-ortho nitro benzene ring substituents is 1. The molecular formula is C19H15N5O4S. The van der Waals surface area contributed by atoms with Crippen molar-refractivity contribution in [3.8, 4) is 0 Å². The van der Waals surface area contributed by atoms with Crippen molar-refractivity contribution >= 4 is 44.2 Å². The van der Waals surface area contributed by atoms with Gasteiger partial charge in [-0.25, -0.2) is 0 Å². The third-order valence-corrected chi connectivity index (χ3v) is 5.35. The van der Waals surface area contributed by atoms with Gasteiger partial charge in [-0.05, 0) is 24.3 Å². The summed E-state index contributed by atoms with van der Waals surface area (Å²) in [6.45, 7) is 0.874. The van der Waals surface area contributed by atoms with Crippen LogP contribution in [-0.4, -0.2) is 39.1 Å². The maximum absolute atomic E-state index is 12.8. The van der Waals surface area contributed by atoms with E-state index in [1.165, 1.54) is 23.5 Å². The molecular weight excluding hydrogens is 394 g/mol. The summed E-state index contributed by atoms with van der Waals surface area (Å²) in [7, 11) is 1.58. The molecule has 2 heterocycles. The number of nitro benzene ring substituents is 1. The van der Waals surface area contributed by atoms with Crippen molar-refractivity contribution in [2.45, 2.75) is 6.54 Å².